The Hall–Kier alpha value is -1.15. The zero-order chi connectivity index (χ0) is 12.5. The fraction of sp³-hybridized carbons (Fsp3) is 0.533. The summed E-state index contributed by atoms with van der Waals surface area (Å²) in [4.78, 5) is 11.9. The maximum Gasteiger partial charge on any atom is 0.169 e. The second kappa shape index (κ2) is 4.61. The predicted octanol–water partition coefficient (Wildman–Crippen LogP) is 3.00. The number of Topliss-reactive ketones (excluding diaryl/α,β-unsaturated/α-hetero) is 1. The number of carbonyl (C=O) groups excluding carboxylic acids is 1. The molecule has 92 valence electrons. The van der Waals surface area contributed by atoms with Crippen LogP contribution in [0.15, 0.2) is 30.3 Å². The summed E-state index contributed by atoms with van der Waals surface area (Å²) in [5, 5.41) is 0. The first-order valence-electron chi connectivity index (χ1n) is 6.22. The van der Waals surface area contributed by atoms with E-state index in [-0.39, 0.29) is 23.4 Å². The summed E-state index contributed by atoms with van der Waals surface area (Å²) < 4.78 is 5.48. The number of epoxide rings is 1. The lowest BCUT2D eigenvalue weighted by Gasteiger charge is -2.14. The molecular formula is C15H20O2. The molecule has 1 aromatic carbocycles. The van der Waals surface area contributed by atoms with E-state index in [0.717, 1.165) is 12.8 Å². The molecule has 2 rings (SSSR count). The monoisotopic (exact) mass is 232 g/mol. The van der Waals surface area contributed by atoms with Gasteiger partial charge >= 0.3 is 0 Å². The molecule has 0 N–H and O–H groups in total. The molecule has 0 bridgehead atoms. The van der Waals surface area contributed by atoms with Crippen LogP contribution in [0, 0.1) is 5.41 Å². The highest BCUT2D eigenvalue weighted by molar-refractivity contribution is 5.90. The van der Waals surface area contributed by atoms with Gasteiger partial charge in [-0.05, 0) is 18.4 Å². The zero-order valence-electron chi connectivity index (χ0n) is 10.8. The largest absolute Gasteiger partial charge is 0.361 e. The summed E-state index contributed by atoms with van der Waals surface area (Å²) in [5.74, 6) is 0.232. The highest BCUT2D eigenvalue weighted by Crippen LogP contribution is 2.33. The molecule has 2 nitrogen and oxygen atoms in total. The normalized spacial score (nSPS) is 23.5. The summed E-state index contributed by atoms with van der Waals surface area (Å²) in [6, 6.07) is 10.3. The SMILES string of the molecule is CC(C)(C)C(=O)[C@@H]1O[C@H]1CCc1ccccc1. The van der Waals surface area contributed by atoms with Gasteiger partial charge < -0.3 is 4.74 Å². The topological polar surface area (TPSA) is 29.6 Å². The Morgan fingerprint density at radius 2 is 1.88 bits per heavy atom. The summed E-state index contributed by atoms with van der Waals surface area (Å²) in [5.41, 5.74) is 1.02. The fourth-order valence-corrected chi connectivity index (χ4v) is 1.97. The van der Waals surface area contributed by atoms with E-state index in [1.807, 2.05) is 39.0 Å². The number of rotatable bonds is 4. The van der Waals surface area contributed by atoms with Crippen LogP contribution in [0.4, 0.5) is 0 Å². The molecule has 2 heteroatoms. The third kappa shape index (κ3) is 3.16. The molecule has 0 amide bonds. The highest BCUT2D eigenvalue weighted by atomic mass is 16.6. The third-order valence-electron chi connectivity index (χ3n) is 3.14. The minimum Gasteiger partial charge on any atom is -0.361 e. The summed E-state index contributed by atoms with van der Waals surface area (Å²) in [7, 11) is 0. The Kier molecular flexibility index (Phi) is 3.34. The Bertz CT molecular complexity index is 389. The zero-order valence-corrected chi connectivity index (χ0v) is 10.8. The van der Waals surface area contributed by atoms with Gasteiger partial charge in [0.1, 0.15) is 6.10 Å². The van der Waals surface area contributed by atoms with E-state index in [4.69, 9.17) is 4.74 Å². The van der Waals surface area contributed by atoms with Gasteiger partial charge in [-0.15, -0.1) is 0 Å². The van der Waals surface area contributed by atoms with Crippen LogP contribution in [0.1, 0.15) is 32.8 Å². The third-order valence-corrected chi connectivity index (χ3v) is 3.14. The molecule has 1 aliphatic rings. The van der Waals surface area contributed by atoms with Crippen LogP contribution in [0.2, 0.25) is 0 Å². The molecule has 1 aliphatic heterocycles. The molecule has 17 heavy (non-hydrogen) atoms. The van der Waals surface area contributed by atoms with Crippen molar-refractivity contribution in [1.82, 2.24) is 0 Å². The van der Waals surface area contributed by atoms with Gasteiger partial charge in [-0.25, -0.2) is 0 Å². The minimum absolute atomic E-state index is 0.141. The second-order valence-corrected chi connectivity index (χ2v) is 5.73. The molecule has 0 radical (unpaired) electrons. The Morgan fingerprint density at radius 3 is 2.47 bits per heavy atom. The molecule has 0 spiro atoms. The van der Waals surface area contributed by atoms with Crippen LogP contribution >= 0.6 is 0 Å². The van der Waals surface area contributed by atoms with E-state index in [9.17, 15) is 4.79 Å². The Balaban J connectivity index is 1.79. The maximum atomic E-state index is 11.9. The van der Waals surface area contributed by atoms with E-state index >= 15 is 0 Å². The van der Waals surface area contributed by atoms with Crippen molar-refractivity contribution < 1.29 is 9.53 Å². The van der Waals surface area contributed by atoms with Gasteiger partial charge in [0.2, 0.25) is 0 Å². The first-order chi connectivity index (χ1) is 7.98. The van der Waals surface area contributed by atoms with Gasteiger partial charge in [0.25, 0.3) is 0 Å². The average Bonchev–Trinajstić information content (AvgIpc) is 3.05. The molecule has 1 fully saturated rings. The van der Waals surface area contributed by atoms with Gasteiger partial charge in [0, 0.05) is 5.41 Å². The molecule has 0 aromatic heterocycles. The van der Waals surface area contributed by atoms with E-state index in [0.29, 0.717) is 0 Å². The molecule has 1 saturated heterocycles. The summed E-state index contributed by atoms with van der Waals surface area (Å²) in [6.07, 6.45) is 1.91. The van der Waals surface area contributed by atoms with Crippen molar-refractivity contribution in [3.05, 3.63) is 35.9 Å². The van der Waals surface area contributed by atoms with Gasteiger partial charge in [-0.2, -0.15) is 0 Å². The van der Waals surface area contributed by atoms with E-state index in [2.05, 4.69) is 12.1 Å². The number of hydrogen-bond acceptors (Lipinski definition) is 2. The van der Waals surface area contributed by atoms with Crippen molar-refractivity contribution in [3.63, 3.8) is 0 Å². The summed E-state index contributed by atoms with van der Waals surface area (Å²) >= 11 is 0. The molecule has 0 unspecified atom stereocenters. The number of carbonyl (C=O) groups is 1. The predicted molar refractivity (Wildman–Crippen MR) is 67.9 cm³/mol. The van der Waals surface area contributed by atoms with Crippen LogP contribution in [0.5, 0.6) is 0 Å². The number of benzene rings is 1. The molecule has 0 aliphatic carbocycles. The van der Waals surface area contributed by atoms with E-state index < -0.39 is 0 Å². The highest BCUT2D eigenvalue weighted by Gasteiger charge is 2.47. The standard InChI is InChI=1S/C15H20O2/c1-15(2,3)14(16)13-12(17-13)10-9-11-7-5-4-6-8-11/h4-8,12-13H,9-10H2,1-3H3/t12-,13+/m0/s1. The first kappa shape index (κ1) is 12.3. The quantitative estimate of drug-likeness (QED) is 0.747. The van der Waals surface area contributed by atoms with Gasteiger partial charge in [0.05, 0.1) is 6.10 Å². The number of ether oxygens (including phenoxy) is 1. The van der Waals surface area contributed by atoms with Crippen molar-refractivity contribution >= 4 is 5.78 Å². The van der Waals surface area contributed by atoms with Crippen LogP contribution in [0.3, 0.4) is 0 Å². The van der Waals surface area contributed by atoms with Crippen LogP contribution in [-0.4, -0.2) is 18.0 Å². The minimum atomic E-state index is -0.286. The Morgan fingerprint density at radius 1 is 1.24 bits per heavy atom. The fourth-order valence-electron chi connectivity index (χ4n) is 1.97. The maximum absolute atomic E-state index is 11.9. The van der Waals surface area contributed by atoms with Gasteiger partial charge in [-0.1, -0.05) is 51.1 Å². The Labute approximate surface area is 103 Å². The van der Waals surface area contributed by atoms with E-state index in [1.165, 1.54) is 5.56 Å². The molecule has 1 aromatic rings. The number of hydrogen-bond donors (Lipinski definition) is 0. The van der Waals surface area contributed by atoms with Gasteiger partial charge in [-0.3, -0.25) is 4.79 Å². The van der Waals surface area contributed by atoms with Crippen molar-refractivity contribution in [1.29, 1.82) is 0 Å². The lowest BCUT2D eigenvalue weighted by molar-refractivity contribution is -0.127. The molecule has 2 atom stereocenters. The average molecular weight is 232 g/mol. The van der Waals surface area contributed by atoms with Crippen LogP contribution in [0.25, 0.3) is 0 Å². The van der Waals surface area contributed by atoms with E-state index in [1.54, 1.807) is 0 Å². The number of aryl methyl sites for hydroxylation is 1. The molecular weight excluding hydrogens is 212 g/mol. The lowest BCUT2D eigenvalue weighted by atomic mass is 9.87. The van der Waals surface area contributed by atoms with Crippen molar-refractivity contribution in [2.45, 2.75) is 45.8 Å². The lowest BCUT2D eigenvalue weighted by Crippen LogP contribution is -2.26. The van der Waals surface area contributed by atoms with Crippen molar-refractivity contribution in [3.8, 4) is 0 Å². The van der Waals surface area contributed by atoms with Crippen LogP contribution in [-0.2, 0) is 16.0 Å². The number of ketones is 1. The molecule has 0 saturated carbocycles. The molecule has 1 heterocycles. The smallest absolute Gasteiger partial charge is 0.169 e. The van der Waals surface area contributed by atoms with Crippen molar-refractivity contribution in [2.75, 3.05) is 0 Å². The first-order valence-corrected chi connectivity index (χ1v) is 6.22. The summed E-state index contributed by atoms with van der Waals surface area (Å²) in [6.45, 7) is 5.85. The van der Waals surface area contributed by atoms with Crippen molar-refractivity contribution in [2.24, 2.45) is 5.41 Å². The van der Waals surface area contributed by atoms with Gasteiger partial charge in [0.15, 0.2) is 5.78 Å². The second-order valence-electron chi connectivity index (χ2n) is 5.73. The van der Waals surface area contributed by atoms with Crippen LogP contribution < -0.4 is 0 Å².